The number of carbonyl (C=O) groups excluding carboxylic acids is 1. The highest BCUT2D eigenvalue weighted by Crippen LogP contribution is 2.41. The molecule has 0 radical (unpaired) electrons. The van der Waals surface area contributed by atoms with Crippen LogP contribution in [0, 0.1) is 0 Å². The molecule has 0 spiro atoms. The maximum atomic E-state index is 11.9. The molecule has 1 aliphatic carbocycles. The standard InChI is InChI=1S/C13H17N5O2/c1-3-20-13(19)11-12(9-4-5-9)18(16-15-11)7-10-6-14-8-17(10)2/h6,8-9H,3-5,7H2,1-2H3. The van der Waals surface area contributed by atoms with E-state index in [1.165, 1.54) is 0 Å². The van der Waals surface area contributed by atoms with Crippen molar-refractivity contribution < 1.29 is 9.53 Å². The third-order valence-corrected chi connectivity index (χ3v) is 3.43. The van der Waals surface area contributed by atoms with Crippen molar-refractivity contribution in [1.29, 1.82) is 0 Å². The quantitative estimate of drug-likeness (QED) is 0.764. The number of aromatic nitrogens is 5. The fourth-order valence-electron chi connectivity index (χ4n) is 2.23. The number of aryl methyl sites for hydroxylation is 1. The molecule has 0 atom stereocenters. The van der Waals surface area contributed by atoms with E-state index in [0.717, 1.165) is 24.2 Å². The van der Waals surface area contributed by atoms with Crippen molar-refractivity contribution in [2.45, 2.75) is 32.2 Å². The van der Waals surface area contributed by atoms with Crippen LogP contribution in [-0.2, 0) is 18.3 Å². The summed E-state index contributed by atoms with van der Waals surface area (Å²) in [6, 6.07) is 0. The Hall–Kier alpha value is -2.18. The van der Waals surface area contributed by atoms with Gasteiger partial charge < -0.3 is 9.30 Å². The van der Waals surface area contributed by atoms with Gasteiger partial charge in [-0.15, -0.1) is 5.10 Å². The molecule has 2 aromatic heterocycles. The molecule has 1 aliphatic rings. The Morgan fingerprint density at radius 1 is 1.50 bits per heavy atom. The van der Waals surface area contributed by atoms with E-state index in [0.29, 0.717) is 24.8 Å². The van der Waals surface area contributed by atoms with E-state index in [4.69, 9.17) is 4.74 Å². The first-order chi connectivity index (χ1) is 9.70. The lowest BCUT2D eigenvalue weighted by Gasteiger charge is -2.07. The lowest BCUT2D eigenvalue weighted by atomic mass is 10.2. The van der Waals surface area contributed by atoms with Gasteiger partial charge in [0, 0.05) is 13.0 Å². The summed E-state index contributed by atoms with van der Waals surface area (Å²) in [6.45, 7) is 2.70. The van der Waals surface area contributed by atoms with Gasteiger partial charge in [0.2, 0.25) is 0 Å². The number of hydrogen-bond donors (Lipinski definition) is 0. The molecule has 7 nitrogen and oxygen atoms in total. The van der Waals surface area contributed by atoms with Crippen molar-refractivity contribution in [3.63, 3.8) is 0 Å². The highest BCUT2D eigenvalue weighted by molar-refractivity contribution is 5.88. The second-order valence-corrected chi connectivity index (χ2v) is 4.97. The molecule has 7 heteroatoms. The SMILES string of the molecule is CCOC(=O)c1nnn(Cc2cncn2C)c1C1CC1. The Bertz CT molecular complexity index is 626. The smallest absolute Gasteiger partial charge is 0.360 e. The zero-order chi connectivity index (χ0) is 14.1. The number of ether oxygens (including phenoxy) is 1. The molecule has 2 heterocycles. The highest BCUT2D eigenvalue weighted by Gasteiger charge is 2.34. The number of esters is 1. The van der Waals surface area contributed by atoms with Gasteiger partial charge in [-0.3, -0.25) is 0 Å². The third kappa shape index (κ3) is 2.31. The van der Waals surface area contributed by atoms with Crippen LogP contribution < -0.4 is 0 Å². The second kappa shape index (κ2) is 5.07. The average Bonchev–Trinajstić information content (AvgIpc) is 3.06. The first kappa shape index (κ1) is 12.8. The van der Waals surface area contributed by atoms with Gasteiger partial charge in [0.25, 0.3) is 0 Å². The van der Waals surface area contributed by atoms with E-state index in [-0.39, 0.29) is 5.97 Å². The predicted molar refractivity (Wildman–Crippen MR) is 70.3 cm³/mol. The minimum atomic E-state index is -0.384. The Kier molecular flexibility index (Phi) is 3.25. The molecule has 0 saturated heterocycles. The summed E-state index contributed by atoms with van der Waals surface area (Å²) >= 11 is 0. The predicted octanol–water partition coefficient (Wildman–Crippen LogP) is 1.11. The minimum Gasteiger partial charge on any atom is -0.461 e. The fraction of sp³-hybridized carbons (Fsp3) is 0.538. The van der Waals surface area contributed by atoms with Gasteiger partial charge in [-0.2, -0.15) is 0 Å². The zero-order valence-electron chi connectivity index (χ0n) is 11.6. The van der Waals surface area contributed by atoms with Crippen LogP contribution in [0.15, 0.2) is 12.5 Å². The Morgan fingerprint density at radius 2 is 2.30 bits per heavy atom. The molecule has 106 valence electrons. The van der Waals surface area contributed by atoms with Crippen molar-refractivity contribution in [3.05, 3.63) is 29.6 Å². The zero-order valence-corrected chi connectivity index (χ0v) is 11.6. The van der Waals surface area contributed by atoms with E-state index in [1.807, 2.05) is 11.6 Å². The van der Waals surface area contributed by atoms with Gasteiger partial charge in [-0.25, -0.2) is 14.5 Å². The van der Waals surface area contributed by atoms with Crippen molar-refractivity contribution in [3.8, 4) is 0 Å². The first-order valence-electron chi connectivity index (χ1n) is 6.76. The summed E-state index contributed by atoms with van der Waals surface area (Å²) in [4.78, 5) is 16.0. The number of nitrogens with zero attached hydrogens (tertiary/aromatic N) is 5. The molecular formula is C13H17N5O2. The largest absolute Gasteiger partial charge is 0.461 e. The van der Waals surface area contributed by atoms with Crippen LogP contribution in [0.5, 0.6) is 0 Å². The molecule has 20 heavy (non-hydrogen) atoms. The van der Waals surface area contributed by atoms with Crippen LogP contribution >= 0.6 is 0 Å². The summed E-state index contributed by atoms with van der Waals surface area (Å²) in [5.41, 5.74) is 2.27. The van der Waals surface area contributed by atoms with Gasteiger partial charge in [0.1, 0.15) is 0 Å². The molecule has 0 aliphatic heterocycles. The maximum Gasteiger partial charge on any atom is 0.360 e. The molecule has 0 N–H and O–H groups in total. The lowest BCUT2D eigenvalue weighted by molar-refractivity contribution is 0.0518. The van der Waals surface area contributed by atoms with Crippen molar-refractivity contribution in [2.75, 3.05) is 6.61 Å². The molecular weight excluding hydrogens is 258 g/mol. The molecule has 0 unspecified atom stereocenters. The van der Waals surface area contributed by atoms with Crippen LogP contribution in [0.1, 0.15) is 47.6 Å². The van der Waals surface area contributed by atoms with Crippen LogP contribution in [0.3, 0.4) is 0 Å². The topological polar surface area (TPSA) is 74.8 Å². The number of imidazole rings is 1. The van der Waals surface area contributed by atoms with Crippen LogP contribution in [0.25, 0.3) is 0 Å². The normalized spacial score (nSPS) is 14.5. The summed E-state index contributed by atoms with van der Waals surface area (Å²) in [5, 5.41) is 8.14. The van der Waals surface area contributed by atoms with Gasteiger partial charge in [-0.1, -0.05) is 5.21 Å². The van der Waals surface area contributed by atoms with Gasteiger partial charge in [0.05, 0.1) is 37.1 Å². The van der Waals surface area contributed by atoms with Crippen molar-refractivity contribution >= 4 is 5.97 Å². The van der Waals surface area contributed by atoms with E-state index >= 15 is 0 Å². The monoisotopic (exact) mass is 275 g/mol. The van der Waals surface area contributed by atoms with Gasteiger partial charge in [0.15, 0.2) is 5.69 Å². The molecule has 0 aromatic carbocycles. The third-order valence-electron chi connectivity index (χ3n) is 3.43. The molecule has 0 amide bonds. The number of hydrogen-bond acceptors (Lipinski definition) is 5. The lowest BCUT2D eigenvalue weighted by Crippen LogP contribution is -2.12. The summed E-state index contributed by atoms with van der Waals surface area (Å²) in [6.07, 6.45) is 5.69. The maximum absolute atomic E-state index is 11.9. The second-order valence-electron chi connectivity index (χ2n) is 4.97. The van der Waals surface area contributed by atoms with Crippen LogP contribution in [-0.4, -0.2) is 37.1 Å². The molecule has 1 fully saturated rings. The molecule has 3 rings (SSSR count). The molecule has 2 aromatic rings. The minimum absolute atomic E-state index is 0.345. The van der Waals surface area contributed by atoms with E-state index < -0.39 is 0 Å². The van der Waals surface area contributed by atoms with Crippen molar-refractivity contribution in [2.24, 2.45) is 7.05 Å². The van der Waals surface area contributed by atoms with Gasteiger partial charge in [-0.05, 0) is 19.8 Å². The number of rotatable bonds is 5. The van der Waals surface area contributed by atoms with E-state index in [2.05, 4.69) is 15.3 Å². The summed E-state index contributed by atoms with van der Waals surface area (Å²) in [7, 11) is 1.93. The highest BCUT2D eigenvalue weighted by atomic mass is 16.5. The summed E-state index contributed by atoms with van der Waals surface area (Å²) < 4.78 is 8.77. The molecule has 1 saturated carbocycles. The fourth-order valence-corrected chi connectivity index (χ4v) is 2.23. The first-order valence-corrected chi connectivity index (χ1v) is 6.76. The van der Waals surface area contributed by atoms with E-state index in [1.54, 1.807) is 24.1 Å². The Morgan fingerprint density at radius 3 is 2.90 bits per heavy atom. The van der Waals surface area contributed by atoms with Crippen LogP contribution in [0.2, 0.25) is 0 Å². The average molecular weight is 275 g/mol. The van der Waals surface area contributed by atoms with Crippen molar-refractivity contribution in [1.82, 2.24) is 24.5 Å². The Labute approximate surface area is 116 Å². The van der Waals surface area contributed by atoms with Crippen LogP contribution in [0.4, 0.5) is 0 Å². The Balaban J connectivity index is 1.91. The van der Waals surface area contributed by atoms with Gasteiger partial charge >= 0.3 is 5.97 Å². The van der Waals surface area contributed by atoms with E-state index in [9.17, 15) is 4.79 Å². The molecule has 0 bridgehead atoms. The number of carbonyl (C=O) groups is 1. The summed E-state index contributed by atoms with van der Waals surface area (Å²) in [5.74, 6) is -0.0108.